The number of allylic oxidation sites excluding steroid dienone is 2. The molecule has 4 aromatic rings. The van der Waals surface area contributed by atoms with Crippen LogP contribution in [0.5, 0.6) is 0 Å². The number of para-hydroxylation sites is 1. The van der Waals surface area contributed by atoms with Gasteiger partial charge in [0.25, 0.3) is 5.91 Å². The summed E-state index contributed by atoms with van der Waals surface area (Å²) in [5.74, 6) is -0.490. The van der Waals surface area contributed by atoms with Crippen LogP contribution in [0.25, 0.3) is 15.8 Å². The molecule has 5 rings (SSSR count). The molecule has 210 valence electrons. The van der Waals surface area contributed by atoms with Gasteiger partial charge in [0.05, 0.1) is 10.2 Å². The van der Waals surface area contributed by atoms with E-state index in [-0.39, 0.29) is 11.6 Å². The van der Waals surface area contributed by atoms with Crippen molar-refractivity contribution in [2.45, 2.75) is 33.7 Å². The van der Waals surface area contributed by atoms with Crippen molar-refractivity contribution in [1.29, 1.82) is 5.41 Å². The van der Waals surface area contributed by atoms with Gasteiger partial charge in [-0.05, 0) is 60.7 Å². The minimum Gasteiger partial charge on any atom is -0.476 e. The van der Waals surface area contributed by atoms with Crippen LogP contribution in [0, 0.1) is 11.3 Å². The van der Waals surface area contributed by atoms with E-state index in [1.807, 2.05) is 48.2 Å². The first-order valence-electron chi connectivity index (χ1n) is 13.5. The summed E-state index contributed by atoms with van der Waals surface area (Å²) in [6, 6.07) is 17.0. The maximum atomic E-state index is 13.4. The molecule has 9 nitrogen and oxygen atoms in total. The fraction of sp³-hybridized carbons (Fsp3) is 0.258. The fourth-order valence-corrected chi connectivity index (χ4v) is 5.79. The maximum absolute atomic E-state index is 13.4. The number of hydrogen-bond acceptors (Lipinski definition) is 8. The molecule has 0 spiro atoms. The van der Waals surface area contributed by atoms with Crippen LogP contribution < -0.4 is 15.5 Å². The lowest BCUT2D eigenvalue weighted by molar-refractivity contribution is 0.0690. The Balaban J connectivity index is 1.42. The molecule has 1 aliphatic heterocycles. The Hall–Kier alpha value is -4.57. The topological polar surface area (TPSA) is 131 Å². The van der Waals surface area contributed by atoms with Crippen LogP contribution >= 0.6 is 11.3 Å². The third-order valence-corrected chi connectivity index (χ3v) is 8.00. The van der Waals surface area contributed by atoms with Crippen LogP contribution in [0.4, 0.5) is 10.9 Å². The average molecular weight is 569 g/mol. The van der Waals surface area contributed by atoms with Crippen LogP contribution in [0.2, 0.25) is 0 Å². The number of carboxylic acids is 1. The van der Waals surface area contributed by atoms with Gasteiger partial charge in [-0.3, -0.25) is 10.1 Å². The monoisotopic (exact) mass is 568 g/mol. The zero-order valence-electron chi connectivity index (χ0n) is 23.2. The number of anilines is 2. The predicted octanol–water partition coefficient (Wildman–Crippen LogP) is 5.83. The fourth-order valence-electron chi connectivity index (χ4n) is 4.93. The SMILES string of the molecule is C/C(NCC(C)C)=C(/C=N)c1ccc(N2CCc3cccc(C(=O)Nc4nc5ccccc5s4)c3C2)nc1C(=O)O. The lowest BCUT2D eigenvalue weighted by Gasteiger charge is -2.31. The zero-order valence-corrected chi connectivity index (χ0v) is 24.0. The second-order valence-electron chi connectivity index (χ2n) is 10.4. The molecular weight excluding hydrogens is 536 g/mol. The van der Waals surface area contributed by atoms with Gasteiger partial charge in [-0.2, -0.15) is 0 Å². The van der Waals surface area contributed by atoms with Crippen LogP contribution in [0.3, 0.4) is 0 Å². The summed E-state index contributed by atoms with van der Waals surface area (Å²) in [5, 5.41) is 24.8. The number of rotatable bonds is 9. The standard InChI is InChI=1S/C31H32N6O3S/c1-18(2)16-33-19(3)23(15-32)21-11-12-27(35-28(21)30(39)40)37-14-13-20-7-6-8-22(24(20)17-37)29(38)36-31-34-25-9-4-5-10-26(25)41-31/h4-12,15,18,32-33H,13-14,16-17H2,1-3H3,(H,39,40)(H,34,36,38)/b23-19+,32-15?. The van der Waals surface area contributed by atoms with E-state index in [1.165, 1.54) is 17.6 Å². The van der Waals surface area contributed by atoms with E-state index in [2.05, 4.69) is 34.4 Å². The molecule has 0 saturated carbocycles. The quantitative estimate of drug-likeness (QED) is 0.187. The summed E-state index contributed by atoms with van der Waals surface area (Å²) in [6.07, 6.45) is 1.85. The van der Waals surface area contributed by atoms with Gasteiger partial charge in [-0.25, -0.2) is 14.8 Å². The Bertz CT molecular complexity index is 1640. The third kappa shape index (κ3) is 5.97. The minimum atomic E-state index is -1.16. The molecule has 2 aromatic heterocycles. The van der Waals surface area contributed by atoms with E-state index < -0.39 is 5.97 Å². The van der Waals surface area contributed by atoms with Gasteiger partial charge >= 0.3 is 5.97 Å². The van der Waals surface area contributed by atoms with E-state index in [4.69, 9.17) is 5.41 Å². The first-order valence-corrected chi connectivity index (χ1v) is 14.3. The molecule has 0 unspecified atom stereocenters. The number of carbonyl (C=O) groups is 2. The van der Waals surface area contributed by atoms with Crippen molar-refractivity contribution < 1.29 is 14.7 Å². The van der Waals surface area contributed by atoms with Gasteiger partial charge in [-0.15, -0.1) is 0 Å². The molecule has 41 heavy (non-hydrogen) atoms. The number of amides is 1. The van der Waals surface area contributed by atoms with E-state index in [9.17, 15) is 14.7 Å². The Morgan fingerprint density at radius 3 is 2.63 bits per heavy atom. The van der Waals surface area contributed by atoms with E-state index >= 15 is 0 Å². The van der Waals surface area contributed by atoms with Crippen LogP contribution in [-0.4, -0.2) is 46.3 Å². The Morgan fingerprint density at radius 2 is 1.90 bits per heavy atom. The number of nitrogens with zero attached hydrogens (tertiary/aromatic N) is 3. The highest BCUT2D eigenvalue weighted by Gasteiger charge is 2.25. The highest BCUT2D eigenvalue weighted by atomic mass is 32.1. The lowest BCUT2D eigenvalue weighted by atomic mass is 9.94. The molecule has 0 aliphatic carbocycles. The van der Waals surface area contributed by atoms with Crippen molar-refractivity contribution in [2.24, 2.45) is 5.92 Å². The molecule has 0 atom stereocenters. The Labute approximate surface area is 242 Å². The Kier molecular flexibility index (Phi) is 8.11. The number of fused-ring (bicyclic) bond motifs is 2. The molecule has 3 heterocycles. The minimum absolute atomic E-state index is 0.112. The van der Waals surface area contributed by atoms with Crippen LogP contribution in [0.1, 0.15) is 58.3 Å². The van der Waals surface area contributed by atoms with Crippen molar-refractivity contribution >= 4 is 56.2 Å². The average Bonchev–Trinajstić information content (AvgIpc) is 3.38. The molecule has 0 saturated heterocycles. The van der Waals surface area contributed by atoms with Gasteiger partial charge < -0.3 is 20.7 Å². The van der Waals surface area contributed by atoms with Crippen molar-refractivity contribution in [3.05, 3.63) is 88.2 Å². The molecule has 0 fully saturated rings. The van der Waals surface area contributed by atoms with Crippen LogP contribution in [-0.2, 0) is 13.0 Å². The number of carbonyl (C=O) groups excluding carboxylic acids is 1. The number of nitrogens with one attached hydrogen (secondary N) is 3. The molecule has 0 radical (unpaired) electrons. The van der Waals surface area contributed by atoms with Gasteiger partial charge in [0.15, 0.2) is 10.8 Å². The maximum Gasteiger partial charge on any atom is 0.355 e. The molecule has 1 aliphatic rings. The summed E-state index contributed by atoms with van der Waals surface area (Å²) in [5.41, 5.74) is 4.84. The van der Waals surface area contributed by atoms with Gasteiger partial charge in [-0.1, -0.05) is 49.4 Å². The van der Waals surface area contributed by atoms with Crippen LogP contribution in [0.15, 0.2) is 60.3 Å². The summed E-state index contributed by atoms with van der Waals surface area (Å²) in [4.78, 5) is 36.7. The summed E-state index contributed by atoms with van der Waals surface area (Å²) in [7, 11) is 0. The number of benzene rings is 2. The number of carboxylic acid groups (broad SMARTS) is 1. The lowest BCUT2D eigenvalue weighted by Crippen LogP contribution is -2.33. The highest BCUT2D eigenvalue weighted by Crippen LogP contribution is 2.30. The second-order valence-corrected chi connectivity index (χ2v) is 11.4. The number of thiazole rings is 1. The first-order chi connectivity index (χ1) is 19.7. The normalized spacial score (nSPS) is 13.5. The number of aromatic nitrogens is 2. The van der Waals surface area contributed by atoms with Gasteiger partial charge in [0.1, 0.15) is 5.82 Å². The van der Waals surface area contributed by atoms with Crippen molar-refractivity contribution in [3.8, 4) is 0 Å². The van der Waals surface area contributed by atoms with E-state index in [1.54, 1.807) is 18.2 Å². The molecule has 4 N–H and O–H groups in total. The van der Waals surface area contributed by atoms with Crippen molar-refractivity contribution in [3.63, 3.8) is 0 Å². The second kappa shape index (κ2) is 11.9. The van der Waals surface area contributed by atoms with Crippen molar-refractivity contribution in [1.82, 2.24) is 15.3 Å². The zero-order chi connectivity index (χ0) is 29.1. The number of hydrogen-bond donors (Lipinski definition) is 4. The van der Waals surface area contributed by atoms with Gasteiger partial charge in [0, 0.05) is 48.2 Å². The Morgan fingerprint density at radius 1 is 1.10 bits per heavy atom. The third-order valence-electron chi connectivity index (χ3n) is 7.05. The van der Waals surface area contributed by atoms with E-state index in [0.717, 1.165) is 27.0 Å². The summed E-state index contributed by atoms with van der Waals surface area (Å²) < 4.78 is 1.000. The number of aromatic carboxylic acids is 1. The number of pyridine rings is 1. The largest absolute Gasteiger partial charge is 0.476 e. The summed E-state index contributed by atoms with van der Waals surface area (Å²) >= 11 is 1.43. The molecular formula is C31H32N6O3S. The highest BCUT2D eigenvalue weighted by molar-refractivity contribution is 7.22. The van der Waals surface area contributed by atoms with Gasteiger partial charge in [0.2, 0.25) is 0 Å². The first kappa shape index (κ1) is 28.0. The molecule has 2 aromatic carbocycles. The molecule has 10 heteroatoms. The summed E-state index contributed by atoms with van der Waals surface area (Å²) in [6.45, 7) is 7.74. The smallest absolute Gasteiger partial charge is 0.355 e. The molecule has 1 amide bonds. The van der Waals surface area contributed by atoms with E-state index in [0.29, 0.717) is 59.6 Å². The van der Waals surface area contributed by atoms with Crippen molar-refractivity contribution in [2.75, 3.05) is 23.3 Å². The molecule has 0 bridgehead atoms. The predicted molar refractivity (Wildman–Crippen MR) is 164 cm³/mol.